The van der Waals surface area contributed by atoms with Gasteiger partial charge in [0, 0.05) is 12.6 Å². The predicted molar refractivity (Wildman–Crippen MR) is 98.8 cm³/mol. The van der Waals surface area contributed by atoms with E-state index in [9.17, 15) is 14.4 Å². The summed E-state index contributed by atoms with van der Waals surface area (Å²) in [6, 6.07) is 13.9. The quantitative estimate of drug-likeness (QED) is 0.781. The molecule has 0 bridgehead atoms. The smallest absolute Gasteiger partial charge is 0.338 e. The summed E-state index contributed by atoms with van der Waals surface area (Å²) in [5.41, 5.74) is 3.01. The molecular weight excluding hydrogens is 332 g/mol. The average Bonchev–Trinajstić information content (AvgIpc) is 2.60. The van der Waals surface area contributed by atoms with Gasteiger partial charge in [0.15, 0.2) is 6.61 Å². The summed E-state index contributed by atoms with van der Waals surface area (Å²) in [6.45, 7) is 4.90. The molecule has 6 heteroatoms. The zero-order valence-corrected chi connectivity index (χ0v) is 15.0. The first-order valence-electron chi connectivity index (χ1n) is 8.26. The zero-order chi connectivity index (χ0) is 19.1. The fourth-order valence-electron chi connectivity index (χ4n) is 2.33. The normalized spacial score (nSPS) is 11.3. The molecule has 0 aliphatic heterocycles. The number of aryl methyl sites for hydroxylation is 1. The summed E-state index contributed by atoms with van der Waals surface area (Å²) in [5, 5.41) is 5.40. The third-order valence-electron chi connectivity index (χ3n) is 3.73. The number of carbonyl (C=O) groups excluding carboxylic acids is 3. The third-order valence-corrected chi connectivity index (χ3v) is 3.73. The van der Waals surface area contributed by atoms with Crippen LogP contribution in [0.4, 0.5) is 5.69 Å². The first-order valence-corrected chi connectivity index (χ1v) is 8.26. The molecule has 0 heterocycles. The van der Waals surface area contributed by atoms with Crippen molar-refractivity contribution in [3.05, 3.63) is 65.2 Å². The van der Waals surface area contributed by atoms with E-state index in [4.69, 9.17) is 4.74 Å². The predicted octanol–water partition coefficient (Wildman–Crippen LogP) is 2.99. The minimum Gasteiger partial charge on any atom is -0.452 e. The maximum Gasteiger partial charge on any atom is 0.338 e. The SMILES string of the molecule is CC(=O)Nc1ccc(C(=O)OCC(=O)NC(C)c2ccc(C)cc2)cc1. The molecule has 0 aliphatic rings. The van der Waals surface area contributed by atoms with E-state index in [2.05, 4.69) is 10.6 Å². The van der Waals surface area contributed by atoms with Crippen LogP contribution in [0, 0.1) is 6.92 Å². The molecule has 1 atom stereocenters. The maximum atomic E-state index is 12.0. The molecule has 0 fully saturated rings. The fourth-order valence-corrected chi connectivity index (χ4v) is 2.33. The number of ether oxygens (including phenoxy) is 1. The molecule has 2 rings (SSSR count). The van der Waals surface area contributed by atoms with Gasteiger partial charge in [-0.3, -0.25) is 9.59 Å². The first-order chi connectivity index (χ1) is 12.3. The molecule has 0 saturated heterocycles. The van der Waals surface area contributed by atoms with Gasteiger partial charge in [0.05, 0.1) is 11.6 Å². The van der Waals surface area contributed by atoms with E-state index in [0.29, 0.717) is 11.3 Å². The highest BCUT2D eigenvalue weighted by Crippen LogP contribution is 2.13. The number of esters is 1. The lowest BCUT2D eigenvalue weighted by Gasteiger charge is -2.14. The Bertz CT molecular complexity index is 782. The number of benzene rings is 2. The lowest BCUT2D eigenvalue weighted by Crippen LogP contribution is -2.31. The average molecular weight is 354 g/mol. The second-order valence-corrected chi connectivity index (χ2v) is 6.03. The van der Waals surface area contributed by atoms with Crippen LogP contribution in [0.3, 0.4) is 0 Å². The van der Waals surface area contributed by atoms with Crippen molar-refractivity contribution in [3.8, 4) is 0 Å². The van der Waals surface area contributed by atoms with Gasteiger partial charge in [0.1, 0.15) is 0 Å². The molecule has 1 unspecified atom stereocenters. The van der Waals surface area contributed by atoms with E-state index in [1.807, 2.05) is 38.1 Å². The van der Waals surface area contributed by atoms with Crippen molar-refractivity contribution in [2.24, 2.45) is 0 Å². The summed E-state index contributed by atoms with van der Waals surface area (Å²) >= 11 is 0. The van der Waals surface area contributed by atoms with Crippen LogP contribution < -0.4 is 10.6 Å². The number of carbonyl (C=O) groups is 3. The monoisotopic (exact) mass is 354 g/mol. The lowest BCUT2D eigenvalue weighted by atomic mass is 10.1. The molecule has 2 aromatic rings. The van der Waals surface area contributed by atoms with Crippen LogP contribution in [0.25, 0.3) is 0 Å². The van der Waals surface area contributed by atoms with Crippen LogP contribution in [0.1, 0.15) is 41.4 Å². The summed E-state index contributed by atoms with van der Waals surface area (Å²) in [7, 11) is 0. The summed E-state index contributed by atoms with van der Waals surface area (Å²) < 4.78 is 5.03. The number of hydrogen-bond donors (Lipinski definition) is 2. The van der Waals surface area contributed by atoms with Crippen molar-refractivity contribution in [2.75, 3.05) is 11.9 Å². The van der Waals surface area contributed by atoms with Crippen molar-refractivity contribution < 1.29 is 19.1 Å². The third kappa shape index (κ3) is 5.73. The minimum atomic E-state index is -0.600. The number of amides is 2. The molecule has 0 saturated carbocycles. The summed E-state index contributed by atoms with van der Waals surface area (Å²) in [4.78, 5) is 34.9. The second kappa shape index (κ2) is 8.80. The molecule has 26 heavy (non-hydrogen) atoms. The van der Waals surface area contributed by atoms with E-state index in [1.165, 1.54) is 19.1 Å². The van der Waals surface area contributed by atoms with Gasteiger partial charge in [0.25, 0.3) is 5.91 Å². The Balaban J connectivity index is 1.83. The number of hydrogen-bond acceptors (Lipinski definition) is 4. The lowest BCUT2D eigenvalue weighted by molar-refractivity contribution is -0.124. The van der Waals surface area contributed by atoms with Gasteiger partial charge in [-0.2, -0.15) is 0 Å². The summed E-state index contributed by atoms with van der Waals surface area (Å²) in [5.74, 6) is -1.17. The van der Waals surface area contributed by atoms with Crippen LogP contribution in [0.15, 0.2) is 48.5 Å². The van der Waals surface area contributed by atoms with Gasteiger partial charge in [-0.25, -0.2) is 4.79 Å². The van der Waals surface area contributed by atoms with E-state index >= 15 is 0 Å². The Morgan fingerprint density at radius 2 is 1.62 bits per heavy atom. The largest absolute Gasteiger partial charge is 0.452 e. The Morgan fingerprint density at radius 3 is 2.19 bits per heavy atom. The molecule has 0 aliphatic carbocycles. The van der Waals surface area contributed by atoms with Crippen LogP contribution >= 0.6 is 0 Å². The molecule has 6 nitrogen and oxygen atoms in total. The van der Waals surface area contributed by atoms with Crippen molar-refractivity contribution >= 4 is 23.5 Å². The van der Waals surface area contributed by atoms with Gasteiger partial charge in [-0.05, 0) is 43.7 Å². The van der Waals surface area contributed by atoms with Crippen LogP contribution in [0.5, 0.6) is 0 Å². The van der Waals surface area contributed by atoms with Gasteiger partial charge >= 0.3 is 5.97 Å². The first kappa shape index (κ1) is 19.2. The second-order valence-electron chi connectivity index (χ2n) is 6.03. The Kier molecular flexibility index (Phi) is 6.49. The highest BCUT2D eigenvalue weighted by atomic mass is 16.5. The van der Waals surface area contributed by atoms with E-state index in [1.54, 1.807) is 12.1 Å². The van der Waals surface area contributed by atoms with Crippen LogP contribution in [-0.4, -0.2) is 24.4 Å². The van der Waals surface area contributed by atoms with E-state index in [-0.39, 0.29) is 24.5 Å². The molecule has 2 N–H and O–H groups in total. The standard InChI is InChI=1S/C20H22N2O4/c1-13-4-6-16(7-5-13)14(2)21-19(24)12-26-20(25)17-8-10-18(11-9-17)22-15(3)23/h4-11,14H,12H2,1-3H3,(H,21,24)(H,22,23). The minimum absolute atomic E-state index is 0.182. The Hall–Kier alpha value is -3.15. The van der Waals surface area contributed by atoms with Gasteiger partial charge in [-0.1, -0.05) is 29.8 Å². The van der Waals surface area contributed by atoms with E-state index in [0.717, 1.165) is 11.1 Å². The Labute approximate surface area is 152 Å². The van der Waals surface area contributed by atoms with Gasteiger partial charge in [0.2, 0.25) is 5.91 Å². The highest BCUT2D eigenvalue weighted by molar-refractivity contribution is 5.93. The topological polar surface area (TPSA) is 84.5 Å². The van der Waals surface area contributed by atoms with Crippen molar-refractivity contribution in [1.82, 2.24) is 5.32 Å². The van der Waals surface area contributed by atoms with E-state index < -0.39 is 5.97 Å². The molecule has 0 aromatic heterocycles. The maximum absolute atomic E-state index is 12.0. The van der Waals surface area contributed by atoms with Crippen molar-refractivity contribution in [3.63, 3.8) is 0 Å². The zero-order valence-electron chi connectivity index (χ0n) is 15.0. The molecule has 2 aromatic carbocycles. The molecule has 0 radical (unpaired) electrons. The van der Waals surface area contributed by atoms with Crippen molar-refractivity contribution in [2.45, 2.75) is 26.8 Å². The summed E-state index contributed by atoms with van der Waals surface area (Å²) in [6.07, 6.45) is 0. The highest BCUT2D eigenvalue weighted by Gasteiger charge is 2.13. The fraction of sp³-hybridized carbons (Fsp3) is 0.250. The molecular formula is C20H22N2O4. The number of rotatable bonds is 6. The molecule has 2 amide bonds. The van der Waals surface area contributed by atoms with Crippen LogP contribution in [-0.2, 0) is 14.3 Å². The molecule has 136 valence electrons. The Morgan fingerprint density at radius 1 is 1.00 bits per heavy atom. The van der Waals surface area contributed by atoms with Crippen molar-refractivity contribution in [1.29, 1.82) is 0 Å². The number of anilines is 1. The van der Waals surface area contributed by atoms with Crippen LogP contribution in [0.2, 0.25) is 0 Å². The van der Waals surface area contributed by atoms with Gasteiger partial charge < -0.3 is 15.4 Å². The molecule has 0 spiro atoms. The van der Waals surface area contributed by atoms with Gasteiger partial charge in [-0.15, -0.1) is 0 Å². The number of nitrogens with one attached hydrogen (secondary N) is 2.